The van der Waals surface area contributed by atoms with E-state index in [4.69, 9.17) is 11.6 Å². The molecule has 0 aliphatic carbocycles. The van der Waals surface area contributed by atoms with Gasteiger partial charge in [0.15, 0.2) is 0 Å². The average Bonchev–Trinajstić information content (AvgIpc) is 2.36. The van der Waals surface area contributed by atoms with Crippen molar-refractivity contribution in [2.24, 2.45) is 0 Å². The fourth-order valence-electron chi connectivity index (χ4n) is 1.98. The van der Waals surface area contributed by atoms with Gasteiger partial charge in [0.1, 0.15) is 0 Å². The minimum Gasteiger partial charge on any atom is -0.390 e. The molecule has 1 rings (SSSR count). The van der Waals surface area contributed by atoms with Crippen LogP contribution in [0.15, 0.2) is 24.3 Å². The summed E-state index contributed by atoms with van der Waals surface area (Å²) < 4.78 is 0. The van der Waals surface area contributed by atoms with Crippen LogP contribution in [0.25, 0.3) is 0 Å². The van der Waals surface area contributed by atoms with E-state index in [1.54, 1.807) is 0 Å². The van der Waals surface area contributed by atoms with Crippen LogP contribution in [0.1, 0.15) is 32.4 Å². The summed E-state index contributed by atoms with van der Waals surface area (Å²) in [5.41, 5.74) is 1.09. The minimum absolute atomic E-state index is 0.183. The van der Waals surface area contributed by atoms with Gasteiger partial charge in [0.25, 0.3) is 0 Å². The third-order valence-electron chi connectivity index (χ3n) is 3.28. The highest BCUT2D eigenvalue weighted by atomic mass is 35.5. The van der Waals surface area contributed by atoms with E-state index >= 15 is 0 Å². The van der Waals surface area contributed by atoms with Crippen LogP contribution in [0.4, 0.5) is 0 Å². The highest BCUT2D eigenvalue weighted by molar-refractivity contribution is 6.31. The molecule has 2 unspecified atom stereocenters. The molecule has 1 aromatic carbocycles. The lowest BCUT2D eigenvalue weighted by Crippen LogP contribution is -2.39. The largest absolute Gasteiger partial charge is 0.390 e. The number of halogens is 1. The van der Waals surface area contributed by atoms with Crippen molar-refractivity contribution in [3.63, 3.8) is 0 Å². The molecule has 0 amide bonds. The maximum atomic E-state index is 10.00. The Morgan fingerprint density at radius 1 is 1.26 bits per heavy atom. The number of aliphatic hydroxyl groups is 1. The van der Waals surface area contributed by atoms with Gasteiger partial charge >= 0.3 is 0 Å². The van der Waals surface area contributed by atoms with E-state index in [0.29, 0.717) is 19.1 Å². The number of nitrogens with one attached hydrogen (secondary N) is 1. The van der Waals surface area contributed by atoms with E-state index < -0.39 is 0 Å². The predicted octanol–water partition coefficient (Wildman–Crippen LogP) is 2.69. The van der Waals surface area contributed by atoms with Crippen molar-refractivity contribution in [2.75, 3.05) is 20.1 Å². The summed E-state index contributed by atoms with van der Waals surface area (Å²) in [6.07, 6.45) is -0.377. The zero-order chi connectivity index (χ0) is 14.4. The highest BCUT2D eigenvalue weighted by Gasteiger charge is 2.17. The van der Waals surface area contributed by atoms with Crippen LogP contribution in [0.2, 0.25) is 5.02 Å². The molecule has 0 saturated carbocycles. The molecule has 0 spiro atoms. The first-order valence-electron chi connectivity index (χ1n) is 6.78. The molecule has 0 aliphatic heterocycles. The van der Waals surface area contributed by atoms with E-state index in [2.05, 4.69) is 31.0 Å². The molecule has 2 N–H and O–H groups in total. The quantitative estimate of drug-likeness (QED) is 0.808. The first-order chi connectivity index (χ1) is 8.91. The highest BCUT2D eigenvalue weighted by Crippen LogP contribution is 2.26. The van der Waals surface area contributed by atoms with Gasteiger partial charge in [0.05, 0.1) is 6.10 Å². The first-order valence-corrected chi connectivity index (χ1v) is 7.15. The van der Waals surface area contributed by atoms with Crippen molar-refractivity contribution in [3.8, 4) is 0 Å². The summed E-state index contributed by atoms with van der Waals surface area (Å²) in [6.45, 7) is 7.47. The summed E-state index contributed by atoms with van der Waals surface area (Å²) in [5.74, 6) is 0. The number of hydrogen-bond acceptors (Lipinski definition) is 3. The lowest BCUT2D eigenvalue weighted by Gasteiger charge is -2.28. The van der Waals surface area contributed by atoms with Gasteiger partial charge in [0.2, 0.25) is 0 Å². The molecule has 0 aromatic heterocycles. The Labute approximate surface area is 121 Å². The summed E-state index contributed by atoms with van der Waals surface area (Å²) in [4.78, 5) is 2.12. The van der Waals surface area contributed by atoms with Gasteiger partial charge in [-0.2, -0.15) is 0 Å². The minimum atomic E-state index is -0.377. The lowest BCUT2D eigenvalue weighted by atomic mass is 10.1. The van der Waals surface area contributed by atoms with Crippen molar-refractivity contribution in [1.29, 1.82) is 0 Å². The van der Waals surface area contributed by atoms with Crippen molar-refractivity contribution in [3.05, 3.63) is 34.9 Å². The van der Waals surface area contributed by atoms with Gasteiger partial charge in [-0.15, -0.1) is 0 Å². The van der Waals surface area contributed by atoms with Gasteiger partial charge in [-0.1, -0.05) is 43.6 Å². The molecule has 4 heteroatoms. The Bertz CT molecular complexity index is 384. The molecule has 3 nitrogen and oxygen atoms in total. The van der Waals surface area contributed by atoms with E-state index in [-0.39, 0.29) is 12.1 Å². The Balaban J connectivity index is 2.53. The lowest BCUT2D eigenvalue weighted by molar-refractivity contribution is 0.105. The SMILES string of the molecule is CC(C)NCC(O)CN(C)C(C)c1ccccc1Cl. The van der Waals surface area contributed by atoms with Crippen LogP contribution in [-0.2, 0) is 0 Å². The fraction of sp³-hybridized carbons (Fsp3) is 0.600. The molecule has 2 atom stereocenters. The van der Waals surface area contributed by atoms with Crippen molar-refractivity contribution in [2.45, 2.75) is 39.0 Å². The van der Waals surface area contributed by atoms with Crippen LogP contribution in [0.3, 0.4) is 0 Å². The van der Waals surface area contributed by atoms with Gasteiger partial charge in [-0.05, 0) is 25.6 Å². The van der Waals surface area contributed by atoms with Crippen LogP contribution in [-0.4, -0.2) is 42.3 Å². The zero-order valence-corrected chi connectivity index (χ0v) is 13.0. The second kappa shape index (κ2) is 7.85. The molecule has 108 valence electrons. The number of aliphatic hydroxyl groups excluding tert-OH is 1. The van der Waals surface area contributed by atoms with E-state index in [1.165, 1.54) is 0 Å². The average molecular weight is 285 g/mol. The third kappa shape index (κ3) is 5.49. The van der Waals surface area contributed by atoms with Gasteiger partial charge < -0.3 is 10.4 Å². The maximum absolute atomic E-state index is 10.00. The fourth-order valence-corrected chi connectivity index (χ4v) is 2.27. The maximum Gasteiger partial charge on any atom is 0.0791 e. The van der Waals surface area contributed by atoms with Gasteiger partial charge in [-0.3, -0.25) is 4.90 Å². The molecule has 1 aromatic rings. The van der Waals surface area contributed by atoms with E-state index in [9.17, 15) is 5.11 Å². The number of nitrogens with zero attached hydrogens (tertiary/aromatic N) is 1. The van der Waals surface area contributed by atoms with Gasteiger partial charge in [-0.25, -0.2) is 0 Å². The molecule has 0 fully saturated rings. The third-order valence-corrected chi connectivity index (χ3v) is 3.62. The van der Waals surface area contributed by atoms with Crippen molar-refractivity contribution >= 4 is 11.6 Å². The Morgan fingerprint density at radius 3 is 2.47 bits per heavy atom. The van der Waals surface area contributed by atoms with Gasteiger partial charge in [0, 0.05) is 30.2 Å². The smallest absolute Gasteiger partial charge is 0.0791 e. The second-order valence-corrected chi connectivity index (χ2v) is 5.76. The molecule has 0 saturated heterocycles. The summed E-state index contributed by atoms with van der Waals surface area (Å²) in [6, 6.07) is 8.42. The Kier molecular flexibility index (Phi) is 6.80. The molecular weight excluding hydrogens is 260 g/mol. The molecule has 0 radical (unpaired) electrons. The number of likely N-dealkylation sites (N-methyl/N-ethyl adjacent to an activating group) is 1. The summed E-state index contributed by atoms with van der Waals surface area (Å²) >= 11 is 6.20. The standard InChI is InChI=1S/C15H25ClN2O/c1-11(2)17-9-13(19)10-18(4)12(3)14-7-5-6-8-15(14)16/h5-8,11-13,17,19H,9-10H2,1-4H3. The Morgan fingerprint density at radius 2 is 1.89 bits per heavy atom. The van der Waals surface area contributed by atoms with Crippen molar-refractivity contribution < 1.29 is 5.11 Å². The van der Waals surface area contributed by atoms with Crippen LogP contribution in [0.5, 0.6) is 0 Å². The molecule has 0 aliphatic rings. The molecular formula is C15H25ClN2O. The topological polar surface area (TPSA) is 35.5 Å². The summed E-state index contributed by atoms with van der Waals surface area (Å²) in [7, 11) is 2.01. The van der Waals surface area contributed by atoms with Crippen LogP contribution < -0.4 is 5.32 Å². The first kappa shape index (κ1) is 16.4. The molecule has 0 bridgehead atoms. The van der Waals surface area contributed by atoms with Crippen molar-refractivity contribution in [1.82, 2.24) is 10.2 Å². The van der Waals surface area contributed by atoms with E-state index in [1.807, 2.05) is 31.3 Å². The molecule has 19 heavy (non-hydrogen) atoms. The Hall–Kier alpha value is -0.610. The normalized spacial score (nSPS) is 14.9. The number of hydrogen-bond donors (Lipinski definition) is 2. The summed E-state index contributed by atoms with van der Waals surface area (Å²) in [5, 5.41) is 14.0. The monoisotopic (exact) mass is 284 g/mol. The second-order valence-electron chi connectivity index (χ2n) is 5.35. The zero-order valence-electron chi connectivity index (χ0n) is 12.2. The van der Waals surface area contributed by atoms with Crippen LogP contribution >= 0.6 is 11.6 Å². The number of rotatable bonds is 7. The van der Waals surface area contributed by atoms with Crippen LogP contribution in [0, 0.1) is 0 Å². The number of benzene rings is 1. The molecule has 0 heterocycles. The predicted molar refractivity (Wildman–Crippen MR) is 81.6 cm³/mol. The van der Waals surface area contributed by atoms with E-state index in [0.717, 1.165) is 10.6 Å².